The molecule has 3 rings (SSSR count). The van der Waals surface area contributed by atoms with Gasteiger partial charge in [0.25, 0.3) is 0 Å². The van der Waals surface area contributed by atoms with E-state index in [1.807, 2.05) is 72.8 Å². The first-order chi connectivity index (χ1) is 15.2. The Balaban J connectivity index is 1.76. The first-order valence-electron chi connectivity index (χ1n) is 10.1. The first kappa shape index (κ1) is 22.5. The summed E-state index contributed by atoms with van der Waals surface area (Å²) >= 11 is 0. The zero-order chi connectivity index (χ0) is 21.9. The lowest BCUT2D eigenvalue weighted by Gasteiger charge is -2.26. The minimum Gasteiger partial charge on any atom is -0.497 e. The predicted molar refractivity (Wildman–Crippen MR) is 122 cm³/mol. The van der Waals surface area contributed by atoms with Crippen LogP contribution in [0.1, 0.15) is 0 Å². The fraction of sp³-hybridized carbons (Fsp3) is 0.280. The molecular weight excluding hydrogens is 394 g/mol. The molecule has 0 aromatic heterocycles. The standard InChI is InChI=1S/C25H29NO5/c1-27-16-17-30-18-19-31-25-14-8-22(9-15-25)26(20-4-10-23(28-2)11-5-20)21-6-12-24(29-3)13-7-21/h4-15H,16-19H2,1-3H3. The SMILES string of the molecule is COCCOCCOc1ccc(N(c2ccc(OC)cc2)c2ccc(OC)cc2)cc1. The maximum absolute atomic E-state index is 5.78. The zero-order valence-electron chi connectivity index (χ0n) is 18.2. The maximum atomic E-state index is 5.78. The van der Waals surface area contributed by atoms with Crippen molar-refractivity contribution in [3.05, 3.63) is 72.8 Å². The van der Waals surface area contributed by atoms with Crippen molar-refractivity contribution in [3.63, 3.8) is 0 Å². The summed E-state index contributed by atoms with van der Waals surface area (Å²) in [7, 11) is 4.98. The Bertz CT molecular complexity index is 847. The molecule has 0 bridgehead atoms. The molecule has 0 spiro atoms. The molecule has 0 aliphatic rings. The molecule has 0 heterocycles. The normalized spacial score (nSPS) is 10.5. The van der Waals surface area contributed by atoms with Crippen LogP contribution in [0.3, 0.4) is 0 Å². The van der Waals surface area contributed by atoms with Crippen molar-refractivity contribution in [1.29, 1.82) is 0 Å². The lowest BCUT2D eigenvalue weighted by molar-refractivity contribution is 0.0544. The van der Waals surface area contributed by atoms with Crippen molar-refractivity contribution >= 4 is 17.1 Å². The van der Waals surface area contributed by atoms with Gasteiger partial charge in [-0.05, 0) is 72.8 Å². The third-order valence-electron chi connectivity index (χ3n) is 4.68. The Morgan fingerprint density at radius 3 is 1.35 bits per heavy atom. The van der Waals surface area contributed by atoms with Gasteiger partial charge in [0.2, 0.25) is 0 Å². The van der Waals surface area contributed by atoms with E-state index >= 15 is 0 Å². The maximum Gasteiger partial charge on any atom is 0.119 e. The molecule has 3 aromatic rings. The van der Waals surface area contributed by atoms with E-state index in [0.29, 0.717) is 26.4 Å². The smallest absolute Gasteiger partial charge is 0.119 e. The Morgan fingerprint density at radius 2 is 0.935 bits per heavy atom. The predicted octanol–water partition coefficient (Wildman–Crippen LogP) is 5.22. The number of rotatable bonds is 12. The lowest BCUT2D eigenvalue weighted by atomic mass is 10.2. The molecule has 0 radical (unpaired) electrons. The molecule has 164 valence electrons. The van der Waals surface area contributed by atoms with Gasteiger partial charge in [0, 0.05) is 24.2 Å². The van der Waals surface area contributed by atoms with E-state index in [1.54, 1.807) is 21.3 Å². The van der Waals surface area contributed by atoms with E-state index in [0.717, 1.165) is 34.3 Å². The van der Waals surface area contributed by atoms with Gasteiger partial charge >= 0.3 is 0 Å². The number of nitrogens with zero attached hydrogens (tertiary/aromatic N) is 1. The van der Waals surface area contributed by atoms with Gasteiger partial charge in [-0.25, -0.2) is 0 Å². The van der Waals surface area contributed by atoms with Crippen LogP contribution in [-0.2, 0) is 9.47 Å². The zero-order valence-corrected chi connectivity index (χ0v) is 18.2. The van der Waals surface area contributed by atoms with Crippen molar-refractivity contribution in [2.24, 2.45) is 0 Å². The number of ether oxygens (including phenoxy) is 5. The Hall–Kier alpha value is -3.22. The van der Waals surface area contributed by atoms with E-state index in [4.69, 9.17) is 23.7 Å². The molecule has 0 aliphatic heterocycles. The summed E-state index contributed by atoms with van der Waals surface area (Å²) in [5, 5.41) is 0. The summed E-state index contributed by atoms with van der Waals surface area (Å²) in [5.41, 5.74) is 3.05. The highest BCUT2D eigenvalue weighted by Crippen LogP contribution is 2.36. The molecule has 0 fully saturated rings. The molecule has 0 saturated heterocycles. The van der Waals surface area contributed by atoms with Crippen molar-refractivity contribution in [2.75, 3.05) is 52.7 Å². The van der Waals surface area contributed by atoms with Gasteiger partial charge in [-0.15, -0.1) is 0 Å². The van der Waals surface area contributed by atoms with Crippen LogP contribution in [0.25, 0.3) is 0 Å². The molecule has 3 aromatic carbocycles. The second-order valence-electron chi connectivity index (χ2n) is 6.68. The topological polar surface area (TPSA) is 49.4 Å². The molecule has 0 atom stereocenters. The van der Waals surface area contributed by atoms with Gasteiger partial charge in [-0.2, -0.15) is 0 Å². The van der Waals surface area contributed by atoms with Crippen molar-refractivity contribution in [3.8, 4) is 17.2 Å². The van der Waals surface area contributed by atoms with Gasteiger partial charge in [0.05, 0.1) is 34.0 Å². The summed E-state index contributed by atoms with van der Waals surface area (Å²) in [6.07, 6.45) is 0. The molecule has 6 heteroatoms. The Labute approximate surface area is 183 Å². The van der Waals surface area contributed by atoms with E-state index in [9.17, 15) is 0 Å². The molecule has 0 N–H and O–H groups in total. The van der Waals surface area contributed by atoms with Crippen LogP contribution >= 0.6 is 0 Å². The van der Waals surface area contributed by atoms with Crippen LogP contribution < -0.4 is 19.1 Å². The number of hydrogen-bond acceptors (Lipinski definition) is 6. The molecule has 6 nitrogen and oxygen atoms in total. The fourth-order valence-electron chi connectivity index (χ4n) is 3.06. The van der Waals surface area contributed by atoms with Crippen molar-refractivity contribution in [1.82, 2.24) is 0 Å². The quantitative estimate of drug-likeness (QED) is 0.373. The number of benzene rings is 3. The number of hydrogen-bond donors (Lipinski definition) is 0. The summed E-state index contributed by atoms with van der Waals surface area (Å²) in [5.74, 6) is 2.42. The average molecular weight is 424 g/mol. The molecule has 31 heavy (non-hydrogen) atoms. The highest BCUT2D eigenvalue weighted by atomic mass is 16.5. The van der Waals surface area contributed by atoms with Crippen molar-refractivity contribution < 1.29 is 23.7 Å². The summed E-state index contributed by atoms with van der Waals surface area (Å²) in [6.45, 7) is 2.16. The average Bonchev–Trinajstić information content (AvgIpc) is 2.83. The van der Waals surface area contributed by atoms with Gasteiger partial charge in [-0.1, -0.05) is 0 Å². The van der Waals surface area contributed by atoms with Crippen LogP contribution in [0, 0.1) is 0 Å². The van der Waals surface area contributed by atoms with E-state index in [2.05, 4.69) is 4.90 Å². The molecular formula is C25H29NO5. The van der Waals surface area contributed by atoms with E-state index < -0.39 is 0 Å². The van der Waals surface area contributed by atoms with E-state index in [-0.39, 0.29) is 0 Å². The number of methoxy groups -OCH3 is 3. The lowest BCUT2D eigenvalue weighted by Crippen LogP contribution is -2.11. The third kappa shape index (κ3) is 6.38. The summed E-state index contributed by atoms with van der Waals surface area (Å²) < 4.78 is 26.8. The van der Waals surface area contributed by atoms with Gasteiger partial charge in [0.1, 0.15) is 23.9 Å². The summed E-state index contributed by atoms with van der Waals surface area (Å²) in [6, 6.07) is 23.9. The highest BCUT2D eigenvalue weighted by molar-refractivity contribution is 5.77. The largest absolute Gasteiger partial charge is 0.497 e. The van der Waals surface area contributed by atoms with Gasteiger partial charge < -0.3 is 28.6 Å². The Morgan fingerprint density at radius 1 is 0.516 bits per heavy atom. The molecule has 0 unspecified atom stereocenters. The van der Waals surface area contributed by atoms with Crippen molar-refractivity contribution in [2.45, 2.75) is 0 Å². The Kier molecular flexibility index (Phi) is 8.58. The van der Waals surface area contributed by atoms with Gasteiger partial charge in [-0.3, -0.25) is 0 Å². The number of anilines is 3. The van der Waals surface area contributed by atoms with Crippen LogP contribution in [0.2, 0.25) is 0 Å². The van der Waals surface area contributed by atoms with E-state index in [1.165, 1.54) is 0 Å². The molecule has 0 saturated carbocycles. The first-order valence-corrected chi connectivity index (χ1v) is 10.1. The monoisotopic (exact) mass is 423 g/mol. The fourth-order valence-corrected chi connectivity index (χ4v) is 3.06. The minimum atomic E-state index is 0.490. The van der Waals surface area contributed by atoms with Crippen LogP contribution in [-0.4, -0.2) is 47.8 Å². The van der Waals surface area contributed by atoms with Crippen LogP contribution in [0.15, 0.2) is 72.8 Å². The molecule has 0 amide bonds. The van der Waals surface area contributed by atoms with Crippen LogP contribution in [0.5, 0.6) is 17.2 Å². The second kappa shape index (κ2) is 11.8. The highest BCUT2D eigenvalue weighted by Gasteiger charge is 2.13. The minimum absolute atomic E-state index is 0.490. The molecule has 0 aliphatic carbocycles. The third-order valence-corrected chi connectivity index (χ3v) is 4.68. The second-order valence-corrected chi connectivity index (χ2v) is 6.68. The summed E-state index contributed by atoms with van der Waals surface area (Å²) in [4.78, 5) is 2.16. The van der Waals surface area contributed by atoms with Crippen LogP contribution in [0.4, 0.5) is 17.1 Å². The van der Waals surface area contributed by atoms with Gasteiger partial charge in [0.15, 0.2) is 0 Å².